The van der Waals surface area contributed by atoms with Gasteiger partial charge in [-0.1, -0.05) is 23.7 Å². The quantitative estimate of drug-likeness (QED) is 0.631. The van der Waals surface area contributed by atoms with Gasteiger partial charge in [0.15, 0.2) is 0 Å². The van der Waals surface area contributed by atoms with Gasteiger partial charge in [-0.25, -0.2) is 13.2 Å². The first-order chi connectivity index (χ1) is 14.3. The SMILES string of the molecule is CCOC(=O)c1ccc(S(=O)(=O)N2CCN(C(=O)Cc3ccc(Cl)cc3)CC2)cc1. The molecule has 0 radical (unpaired) electrons. The smallest absolute Gasteiger partial charge is 0.338 e. The number of amides is 1. The summed E-state index contributed by atoms with van der Waals surface area (Å²) in [7, 11) is -3.70. The number of rotatable bonds is 6. The van der Waals surface area contributed by atoms with Crippen LogP contribution in [-0.2, 0) is 26.0 Å². The summed E-state index contributed by atoms with van der Waals surface area (Å²) < 4.78 is 32.0. The maximum absolute atomic E-state index is 12.9. The number of hydrogen-bond donors (Lipinski definition) is 0. The van der Waals surface area contributed by atoms with E-state index < -0.39 is 16.0 Å². The van der Waals surface area contributed by atoms with Gasteiger partial charge in [0, 0.05) is 31.2 Å². The van der Waals surface area contributed by atoms with Crippen LogP contribution < -0.4 is 0 Å². The largest absolute Gasteiger partial charge is 0.462 e. The lowest BCUT2D eigenvalue weighted by Gasteiger charge is -2.34. The number of ether oxygens (including phenoxy) is 1. The van der Waals surface area contributed by atoms with Gasteiger partial charge in [0.2, 0.25) is 15.9 Å². The normalized spacial score (nSPS) is 15.1. The van der Waals surface area contributed by atoms with Gasteiger partial charge in [-0.05, 0) is 48.9 Å². The van der Waals surface area contributed by atoms with Crippen molar-refractivity contribution in [2.24, 2.45) is 0 Å². The molecule has 2 aromatic carbocycles. The Kier molecular flexibility index (Phi) is 7.12. The predicted octanol–water partition coefficient (Wildman–Crippen LogP) is 2.59. The fourth-order valence-electron chi connectivity index (χ4n) is 3.19. The van der Waals surface area contributed by atoms with E-state index in [2.05, 4.69) is 0 Å². The van der Waals surface area contributed by atoms with E-state index in [0.29, 0.717) is 23.7 Å². The number of sulfonamides is 1. The molecule has 1 saturated heterocycles. The van der Waals surface area contributed by atoms with Gasteiger partial charge in [-0.2, -0.15) is 4.31 Å². The molecule has 0 N–H and O–H groups in total. The van der Waals surface area contributed by atoms with Crippen molar-refractivity contribution >= 4 is 33.5 Å². The highest BCUT2D eigenvalue weighted by Gasteiger charge is 2.30. The van der Waals surface area contributed by atoms with E-state index in [1.165, 1.54) is 28.6 Å². The zero-order valence-corrected chi connectivity index (χ0v) is 18.2. The van der Waals surface area contributed by atoms with Crippen molar-refractivity contribution in [1.29, 1.82) is 0 Å². The number of esters is 1. The molecule has 2 aromatic rings. The lowest BCUT2D eigenvalue weighted by molar-refractivity contribution is -0.131. The van der Waals surface area contributed by atoms with Crippen molar-refractivity contribution in [2.45, 2.75) is 18.2 Å². The van der Waals surface area contributed by atoms with Crippen LogP contribution in [0.5, 0.6) is 0 Å². The molecule has 160 valence electrons. The zero-order chi connectivity index (χ0) is 21.7. The molecule has 0 aliphatic carbocycles. The molecule has 0 bridgehead atoms. The number of carbonyl (C=O) groups is 2. The van der Waals surface area contributed by atoms with E-state index in [4.69, 9.17) is 16.3 Å². The molecule has 30 heavy (non-hydrogen) atoms. The Labute approximate surface area is 181 Å². The van der Waals surface area contributed by atoms with Crippen LogP contribution in [0, 0.1) is 0 Å². The molecule has 0 unspecified atom stereocenters. The van der Waals surface area contributed by atoms with Gasteiger partial charge < -0.3 is 9.64 Å². The van der Waals surface area contributed by atoms with Crippen LogP contribution in [0.3, 0.4) is 0 Å². The Morgan fingerprint density at radius 2 is 1.57 bits per heavy atom. The average molecular weight is 451 g/mol. The highest BCUT2D eigenvalue weighted by Crippen LogP contribution is 2.19. The van der Waals surface area contributed by atoms with E-state index in [1.807, 2.05) is 0 Å². The number of hydrogen-bond acceptors (Lipinski definition) is 5. The van der Waals surface area contributed by atoms with E-state index in [9.17, 15) is 18.0 Å². The van der Waals surface area contributed by atoms with Crippen LogP contribution in [0.4, 0.5) is 0 Å². The number of nitrogens with zero attached hydrogens (tertiary/aromatic N) is 2. The van der Waals surface area contributed by atoms with Crippen LogP contribution in [0.25, 0.3) is 0 Å². The summed E-state index contributed by atoms with van der Waals surface area (Å²) in [6.07, 6.45) is 0.249. The van der Waals surface area contributed by atoms with Crippen molar-refractivity contribution in [3.8, 4) is 0 Å². The van der Waals surface area contributed by atoms with E-state index >= 15 is 0 Å². The Morgan fingerprint density at radius 1 is 0.967 bits per heavy atom. The fraction of sp³-hybridized carbons (Fsp3) is 0.333. The first kappa shape index (κ1) is 22.3. The van der Waals surface area contributed by atoms with Crippen LogP contribution in [0.15, 0.2) is 53.4 Å². The molecule has 0 saturated carbocycles. The Morgan fingerprint density at radius 3 is 2.13 bits per heavy atom. The van der Waals surface area contributed by atoms with Gasteiger partial charge in [0.1, 0.15) is 0 Å². The lowest BCUT2D eigenvalue weighted by atomic mass is 10.1. The average Bonchev–Trinajstić information content (AvgIpc) is 2.75. The summed E-state index contributed by atoms with van der Waals surface area (Å²) >= 11 is 5.86. The second-order valence-corrected chi connectivity index (χ2v) is 9.21. The summed E-state index contributed by atoms with van der Waals surface area (Å²) in [5.41, 5.74) is 1.16. The summed E-state index contributed by atoms with van der Waals surface area (Å²) in [5.74, 6) is -0.539. The second-order valence-electron chi connectivity index (χ2n) is 6.83. The third-order valence-corrected chi connectivity index (χ3v) is 7.03. The molecule has 1 fully saturated rings. The summed E-state index contributed by atoms with van der Waals surface area (Å²) in [6, 6.07) is 12.8. The molecular formula is C21H23ClN2O5S. The van der Waals surface area contributed by atoms with Crippen molar-refractivity contribution < 1.29 is 22.7 Å². The molecule has 1 heterocycles. The van der Waals surface area contributed by atoms with Crippen molar-refractivity contribution in [3.63, 3.8) is 0 Å². The highest BCUT2D eigenvalue weighted by molar-refractivity contribution is 7.89. The number of piperazine rings is 1. The molecule has 9 heteroatoms. The predicted molar refractivity (Wildman–Crippen MR) is 113 cm³/mol. The molecule has 0 atom stereocenters. The van der Waals surface area contributed by atoms with Gasteiger partial charge in [0.25, 0.3) is 0 Å². The maximum atomic E-state index is 12.9. The molecule has 0 aromatic heterocycles. The number of benzene rings is 2. The van der Waals surface area contributed by atoms with E-state index in [0.717, 1.165) is 5.56 Å². The topological polar surface area (TPSA) is 84.0 Å². The van der Waals surface area contributed by atoms with Crippen LogP contribution in [0.1, 0.15) is 22.8 Å². The van der Waals surface area contributed by atoms with Crippen molar-refractivity contribution in [3.05, 3.63) is 64.7 Å². The zero-order valence-electron chi connectivity index (χ0n) is 16.6. The second kappa shape index (κ2) is 9.59. The van der Waals surface area contributed by atoms with Crippen molar-refractivity contribution in [2.75, 3.05) is 32.8 Å². The van der Waals surface area contributed by atoms with Crippen LogP contribution >= 0.6 is 11.6 Å². The van der Waals surface area contributed by atoms with E-state index in [1.54, 1.807) is 36.1 Å². The molecule has 1 amide bonds. The van der Waals surface area contributed by atoms with E-state index in [-0.39, 0.29) is 36.9 Å². The standard InChI is InChI=1S/C21H23ClN2O5S/c1-2-29-21(26)17-5-9-19(10-6-17)30(27,28)24-13-11-23(12-14-24)20(25)15-16-3-7-18(22)8-4-16/h3-10H,2,11-15H2,1H3. The monoisotopic (exact) mass is 450 g/mol. The van der Waals surface area contributed by atoms with Crippen molar-refractivity contribution in [1.82, 2.24) is 9.21 Å². The first-order valence-corrected chi connectivity index (χ1v) is 11.4. The fourth-order valence-corrected chi connectivity index (χ4v) is 4.74. The number of carbonyl (C=O) groups excluding carboxylic acids is 2. The van der Waals surface area contributed by atoms with Gasteiger partial charge >= 0.3 is 5.97 Å². The number of halogens is 1. The van der Waals surface area contributed by atoms with Gasteiger partial charge in [-0.3, -0.25) is 4.79 Å². The van der Waals surface area contributed by atoms with Crippen LogP contribution in [-0.4, -0.2) is 62.3 Å². The van der Waals surface area contributed by atoms with Crippen LogP contribution in [0.2, 0.25) is 5.02 Å². The Bertz CT molecular complexity index is 999. The molecule has 3 rings (SSSR count). The third kappa shape index (κ3) is 5.19. The maximum Gasteiger partial charge on any atom is 0.338 e. The highest BCUT2D eigenvalue weighted by atomic mass is 35.5. The summed E-state index contributed by atoms with van der Waals surface area (Å²) in [6.45, 7) is 3.04. The Hall–Kier alpha value is -2.42. The summed E-state index contributed by atoms with van der Waals surface area (Å²) in [5, 5.41) is 0.611. The third-order valence-electron chi connectivity index (χ3n) is 4.86. The minimum atomic E-state index is -3.70. The summed E-state index contributed by atoms with van der Waals surface area (Å²) in [4.78, 5) is 26.0. The minimum absolute atomic E-state index is 0.0480. The molecule has 1 aliphatic heterocycles. The van der Waals surface area contributed by atoms with Gasteiger partial charge in [0.05, 0.1) is 23.5 Å². The van der Waals surface area contributed by atoms with Gasteiger partial charge in [-0.15, -0.1) is 0 Å². The molecular weight excluding hydrogens is 428 g/mol. The Balaban J connectivity index is 1.60. The lowest BCUT2D eigenvalue weighted by Crippen LogP contribution is -2.50. The molecule has 7 nitrogen and oxygen atoms in total. The molecule has 0 spiro atoms. The molecule has 1 aliphatic rings. The minimum Gasteiger partial charge on any atom is -0.462 e. The first-order valence-electron chi connectivity index (χ1n) is 9.61.